The lowest BCUT2D eigenvalue weighted by molar-refractivity contribution is -0.119. The van der Waals surface area contributed by atoms with Gasteiger partial charge in [0, 0.05) is 0 Å². The van der Waals surface area contributed by atoms with Crippen molar-refractivity contribution in [1.29, 1.82) is 0 Å². The fraction of sp³-hybridized carbons (Fsp3) is 0.500. The van der Waals surface area contributed by atoms with E-state index in [1.807, 2.05) is 6.92 Å². The van der Waals surface area contributed by atoms with E-state index in [0.717, 1.165) is 11.3 Å². The van der Waals surface area contributed by atoms with Crippen molar-refractivity contribution in [3.8, 4) is 0 Å². The molecule has 1 aromatic heterocycles. The first-order chi connectivity index (χ1) is 8.47. The zero-order chi connectivity index (χ0) is 13.3. The van der Waals surface area contributed by atoms with E-state index in [4.69, 9.17) is 9.84 Å². The number of carbonyl (C=O) groups is 2. The standard InChI is InChI=1S/C12H15NO4S/c1-6-3-9(18-10(6)12(15)16)13-11(14)8-4-7(2)17-5-8/h3,7-8H,4-5H2,1-2H3,(H,13,14)(H,15,16). The minimum absolute atomic E-state index is 0.0995. The molecule has 2 rings (SSSR count). The number of anilines is 1. The van der Waals surface area contributed by atoms with Gasteiger partial charge < -0.3 is 15.2 Å². The minimum Gasteiger partial charge on any atom is -0.477 e. The highest BCUT2D eigenvalue weighted by molar-refractivity contribution is 7.18. The summed E-state index contributed by atoms with van der Waals surface area (Å²) in [5.74, 6) is -1.20. The van der Waals surface area contributed by atoms with E-state index in [1.165, 1.54) is 0 Å². The molecule has 0 spiro atoms. The Morgan fingerprint density at radius 3 is 2.78 bits per heavy atom. The lowest BCUT2D eigenvalue weighted by Crippen LogP contribution is -2.22. The first-order valence-electron chi connectivity index (χ1n) is 5.73. The molecule has 0 aliphatic carbocycles. The van der Waals surface area contributed by atoms with E-state index < -0.39 is 5.97 Å². The van der Waals surface area contributed by atoms with Crippen molar-refractivity contribution in [2.75, 3.05) is 11.9 Å². The van der Waals surface area contributed by atoms with E-state index >= 15 is 0 Å². The fourth-order valence-corrected chi connectivity index (χ4v) is 2.89. The molecule has 2 unspecified atom stereocenters. The maximum atomic E-state index is 11.9. The van der Waals surface area contributed by atoms with Crippen LogP contribution in [0.3, 0.4) is 0 Å². The van der Waals surface area contributed by atoms with Crippen molar-refractivity contribution < 1.29 is 19.4 Å². The van der Waals surface area contributed by atoms with Crippen LogP contribution in [0.5, 0.6) is 0 Å². The molecular weight excluding hydrogens is 254 g/mol. The number of hydrogen-bond donors (Lipinski definition) is 2. The average Bonchev–Trinajstić information content (AvgIpc) is 2.85. The van der Waals surface area contributed by atoms with E-state index in [1.54, 1.807) is 13.0 Å². The number of nitrogens with one attached hydrogen (secondary N) is 1. The molecule has 0 saturated carbocycles. The Morgan fingerprint density at radius 1 is 1.56 bits per heavy atom. The minimum atomic E-state index is -0.962. The van der Waals surface area contributed by atoms with Crippen LogP contribution >= 0.6 is 11.3 Å². The number of ether oxygens (including phenoxy) is 1. The van der Waals surface area contributed by atoms with Gasteiger partial charge in [0.15, 0.2) is 0 Å². The molecule has 1 aliphatic heterocycles. The summed E-state index contributed by atoms with van der Waals surface area (Å²) in [6.45, 7) is 4.09. The zero-order valence-corrected chi connectivity index (χ0v) is 11.0. The van der Waals surface area contributed by atoms with E-state index in [2.05, 4.69) is 5.32 Å². The normalized spacial score (nSPS) is 23.0. The summed E-state index contributed by atoms with van der Waals surface area (Å²) in [4.78, 5) is 23.1. The maximum Gasteiger partial charge on any atom is 0.346 e. The molecule has 2 atom stereocenters. The largest absolute Gasteiger partial charge is 0.477 e. The molecular formula is C12H15NO4S. The van der Waals surface area contributed by atoms with Crippen molar-refractivity contribution >= 4 is 28.2 Å². The Hall–Kier alpha value is -1.40. The third-order valence-electron chi connectivity index (χ3n) is 2.93. The van der Waals surface area contributed by atoms with Gasteiger partial charge in [0.1, 0.15) is 4.88 Å². The summed E-state index contributed by atoms with van der Waals surface area (Å²) in [6, 6.07) is 1.69. The number of aromatic carboxylic acids is 1. The summed E-state index contributed by atoms with van der Waals surface area (Å²) in [5, 5.41) is 12.3. The zero-order valence-electron chi connectivity index (χ0n) is 10.2. The Balaban J connectivity index is 2.03. The van der Waals surface area contributed by atoms with Gasteiger partial charge in [-0.1, -0.05) is 0 Å². The molecule has 1 aromatic rings. The van der Waals surface area contributed by atoms with Crippen molar-refractivity contribution in [3.05, 3.63) is 16.5 Å². The molecule has 1 saturated heterocycles. The summed E-state index contributed by atoms with van der Waals surface area (Å²) >= 11 is 1.08. The maximum absolute atomic E-state index is 11.9. The molecule has 0 aromatic carbocycles. The highest BCUT2D eigenvalue weighted by atomic mass is 32.1. The second-order valence-electron chi connectivity index (χ2n) is 4.49. The fourth-order valence-electron chi connectivity index (χ4n) is 1.98. The molecule has 0 bridgehead atoms. The molecule has 1 amide bonds. The number of carbonyl (C=O) groups excluding carboxylic acids is 1. The number of carboxylic acid groups (broad SMARTS) is 1. The van der Waals surface area contributed by atoms with Crippen LogP contribution in [0.15, 0.2) is 6.07 Å². The summed E-state index contributed by atoms with van der Waals surface area (Å²) in [5.41, 5.74) is 0.666. The average molecular weight is 269 g/mol. The van der Waals surface area contributed by atoms with Crippen molar-refractivity contribution in [2.45, 2.75) is 26.4 Å². The Morgan fingerprint density at radius 2 is 2.28 bits per heavy atom. The first kappa shape index (κ1) is 13.0. The summed E-state index contributed by atoms with van der Waals surface area (Å²) in [6.07, 6.45) is 0.822. The quantitative estimate of drug-likeness (QED) is 0.881. The molecule has 1 fully saturated rings. The lowest BCUT2D eigenvalue weighted by Gasteiger charge is -2.06. The van der Waals surface area contributed by atoms with Crippen LogP contribution in [0.4, 0.5) is 5.00 Å². The first-order valence-corrected chi connectivity index (χ1v) is 6.55. The van der Waals surface area contributed by atoms with Crippen molar-refractivity contribution in [2.24, 2.45) is 5.92 Å². The van der Waals surface area contributed by atoms with E-state index in [9.17, 15) is 9.59 Å². The van der Waals surface area contributed by atoms with E-state index in [0.29, 0.717) is 23.6 Å². The van der Waals surface area contributed by atoms with Crippen molar-refractivity contribution in [3.63, 3.8) is 0 Å². The molecule has 1 aliphatic rings. The molecule has 2 N–H and O–H groups in total. The Kier molecular flexibility index (Phi) is 3.68. The number of hydrogen-bond acceptors (Lipinski definition) is 4. The lowest BCUT2D eigenvalue weighted by atomic mass is 10.1. The van der Waals surface area contributed by atoms with Gasteiger partial charge in [-0.05, 0) is 31.9 Å². The van der Waals surface area contributed by atoms with Gasteiger partial charge in [-0.25, -0.2) is 4.79 Å². The molecule has 18 heavy (non-hydrogen) atoms. The topological polar surface area (TPSA) is 75.6 Å². The van der Waals surface area contributed by atoms with Crippen LogP contribution in [-0.4, -0.2) is 29.7 Å². The highest BCUT2D eigenvalue weighted by Crippen LogP contribution is 2.28. The van der Waals surface area contributed by atoms with Gasteiger partial charge in [-0.15, -0.1) is 11.3 Å². The second-order valence-corrected chi connectivity index (χ2v) is 5.55. The third kappa shape index (κ3) is 2.70. The molecule has 98 valence electrons. The van der Waals surface area contributed by atoms with Crippen LogP contribution in [0.25, 0.3) is 0 Å². The summed E-state index contributed by atoms with van der Waals surface area (Å²) in [7, 11) is 0. The van der Waals surface area contributed by atoms with Crippen molar-refractivity contribution in [1.82, 2.24) is 0 Å². The summed E-state index contributed by atoms with van der Waals surface area (Å²) < 4.78 is 5.34. The van der Waals surface area contributed by atoms with Crippen LogP contribution in [0.1, 0.15) is 28.6 Å². The van der Waals surface area contributed by atoms with Crippen LogP contribution < -0.4 is 5.32 Å². The number of thiophene rings is 1. The van der Waals surface area contributed by atoms with Gasteiger partial charge >= 0.3 is 5.97 Å². The van der Waals surface area contributed by atoms with Gasteiger partial charge in [-0.2, -0.15) is 0 Å². The van der Waals surface area contributed by atoms with Crippen LogP contribution in [0, 0.1) is 12.8 Å². The van der Waals surface area contributed by atoms with Crippen LogP contribution in [-0.2, 0) is 9.53 Å². The molecule has 5 nitrogen and oxygen atoms in total. The number of rotatable bonds is 3. The number of aryl methyl sites for hydroxylation is 1. The molecule has 6 heteroatoms. The monoisotopic (exact) mass is 269 g/mol. The SMILES string of the molecule is Cc1cc(NC(=O)C2COC(C)C2)sc1C(=O)O. The van der Waals surface area contributed by atoms with Gasteiger partial charge in [0.2, 0.25) is 5.91 Å². The number of carboxylic acids is 1. The third-order valence-corrected chi connectivity index (χ3v) is 4.07. The Bertz CT molecular complexity index is 482. The van der Waals surface area contributed by atoms with E-state index in [-0.39, 0.29) is 22.8 Å². The predicted molar refractivity (Wildman–Crippen MR) is 68.2 cm³/mol. The number of amides is 1. The highest BCUT2D eigenvalue weighted by Gasteiger charge is 2.28. The van der Waals surface area contributed by atoms with Gasteiger partial charge in [0.05, 0.1) is 23.6 Å². The van der Waals surface area contributed by atoms with Gasteiger partial charge in [0.25, 0.3) is 0 Å². The second kappa shape index (κ2) is 5.07. The predicted octanol–water partition coefficient (Wildman–Crippen LogP) is 2.12. The molecule has 0 radical (unpaired) electrons. The molecule has 2 heterocycles. The Labute approximate surface area is 109 Å². The van der Waals surface area contributed by atoms with Crippen LogP contribution in [0.2, 0.25) is 0 Å². The van der Waals surface area contributed by atoms with Gasteiger partial charge in [-0.3, -0.25) is 4.79 Å². The smallest absolute Gasteiger partial charge is 0.346 e.